The number of aldehydes is 1. The van der Waals surface area contributed by atoms with Crippen molar-refractivity contribution in [2.45, 2.75) is 25.8 Å². The summed E-state index contributed by atoms with van der Waals surface area (Å²) in [5.74, 6) is 0. The Hall–Kier alpha value is -1.42. The molecule has 84 valence electrons. The maximum Gasteiger partial charge on any atom is 0.168 e. The molecule has 0 aromatic carbocycles. The second kappa shape index (κ2) is 4.22. The third kappa shape index (κ3) is 2.07. The molecule has 0 aliphatic rings. The van der Waals surface area contributed by atoms with Gasteiger partial charge in [0.2, 0.25) is 0 Å². The van der Waals surface area contributed by atoms with Gasteiger partial charge >= 0.3 is 0 Å². The van der Waals surface area contributed by atoms with E-state index in [-0.39, 0.29) is 5.41 Å². The molecule has 0 bridgehead atoms. The highest BCUT2D eigenvalue weighted by Gasteiger charge is 2.23. The van der Waals surface area contributed by atoms with Crippen LogP contribution in [-0.2, 0) is 12.0 Å². The zero-order chi connectivity index (χ0) is 11.6. The molecule has 0 saturated heterocycles. The minimum absolute atomic E-state index is 0.0205. The van der Waals surface area contributed by atoms with Crippen molar-refractivity contribution < 1.29 is 4.79 Å². The molecule has 0 N–H and O–H groups in total. The molecule has 2 heterocycles. The Kier molecular flexibility index (Phi) is 2.92. The number of aromatic nitrogens is 2. The quantitative estimate of drug-likeness (QED) is 0.762. The lowest BCUT2D eigenvalue weighted by molar-refractivity contribution is 0.111. The van der Waals surface area contributed by atoms with E-state index in [0.29, 0.717) is 5.69 Å². The highest BCUT2D eigenvalue weighted by molar-refractivity contribution is 7.10. The van der Waals surface area contributed by atoms with E-state index >= 15 is 0 Å². The molecule has 0 unspecified atom stereocenters. The maximum absolute atomic E-state index is 10.8. The summed E-state index contributed by atoms with van der Waals surface area (Å²) in [5.41, 5.74) is 0.650. The predicted molar refractivity (Wildman–Crippen MR) is 65.0 cm³/mol. The molecule has 0 radical (unpaired) electrons. The van der Waals surface area contributed by atoms with Crippen molar-refractivity contribution in [2.24, 2.45) is 0 Å². The average molecular weight is 234 g/mol. The number of carbonyl (C=O) groups is 1. The van der Waals surface area contributed by atoms with Gasteiger partial charge in [-0.15, -0.1) is 11.3 Å². The molecular weight excluding hydrogens is 220 g/mol. The van der Waals surface area contributed by atoms with E-state index in [1.54, 1.807) is 23.9 Å². The van der Waals surface area contributed by atoms with Gasteiger partial charge in [-0.1, -0.05) is 19.9 Å². The van der Waals surface area contributed by atoms with Crippen LogP contribution in [0.1, 0.15) is 29.2 Å². The number of imidazole rings is 1. The molecule has 16 heavy (non-hydrogen) atoms. The number of rotatable bonds is 4. The van der Waals surface area contributed by atoms with Gasteiger partial charge in [0.15, 0.2) is 6.29 Å². The van der Waals surface area contributed by atoms with Crippen LogP contribution in [0, 0.1) is 0 Å². The highest BCUT2D eigenvalue weighted by Crippen LogP contribution is 2.29. The van der Waals surface area contributed by atoms with Gasteiger partial charge in [-0.05, 0) is 11.4 Å². The first-order chi connectivity index (χ1) is 7.63. The van der Waals surface area contributed by atoms with Crippen LogP contribution in [0.4, 0.5) is 0 Å². The molecule has 0 spiro atoms. The highest BCUT2D eigenvalue weighted by atomic mass is 32.1. The van der Waals surface area contributed by atoms with Crippen molar-refractivity contribution in [1.29, 1.82) is 0 Å². The van der Waals surface area contributed by atoms with Crippen molar-refractivity contribution in [3.05, 3.63) is 40.6 Å². The molecule has 0 fully saturated rings. The Morgan fingerprint density at radius 2 is 2.38 bits per heavy atom. The summed E-state index contributed by atoms with van der Waals surface area (Å²) in [5, 5.41) is 2.08. The van der Waals surface area contributed by atoms with E-state index in [1.807, 2.05) is 4.57 Å². The fourth-order valence-electron chi connectivity index (χ4n) is 1.73. The first kappa shape index (κ1) is 11.1. The summed E-state index contributed by atoms with van der Waals surface area (Å²) in [6.07, 6.45) is 4.15. The lowest BCUT2D eigenvalue weighted by atomic mass is 9.91. The molecule has 2 aromatic heterocycles. The van der Waals surface area contributed by atoms with Gasteiger partial charge in [0.05, 0.1) is 12.5 Å². The van der Waals surface area contributed by atoms with Crippen molar-refractivity contribution >= 4 is 17.6 Å². The molecular formula is C12H14N2OS. The molecule has 0 amide bonds. The van der Waals surface area contributed by atoms with Crippen LogP contribution in [0.25, 0.3) is 0 Å². The predicted octanol–water partition coefficient (Wildman–Crippen LogP) is 2.73. The topological polar surface area (TPSA) is 34.9 Å². The second-order valence-corrected chi connectivity index (χ2v) is 5.37. The van der Waals surface area contributed by atoms with Crippen molar-refractivity contribution in [1.82, 2.24) is 9.55 Å². The first-order valence-corrected chi connectivity index (χ1v) is 6.01. The van der Waals surface area contributed by atoms with E-state index in [0.717, 1.165) is 12.8 Å². The standard InChI is InChI=1S/C12H14N2OS/c1-12(2,11-4-3-5-16-11)8-14-9-13-6-10(14)7-15/h3-7,9H,8H2,1-2H3. The number of carbonyl (C=O) groups excluding carboxylic acids is 1. The van der Waals surface area contributed by atoms with Crippen LogP contribution < -0.4 is 0 Å². The molecule has 3 nitrogen and oxygen atoms in total. The Balaban J connectivity index is 2.24. The van der Waals surface area contributed by atoms with E-state index in [9.17, 15) is 4.79 Å². The molecule has 2 rings (SSSR count). The van der Waals surface area contributed by atoms with E-state index in [2.05, 4.69) is 36.3 Å². The Labute approximate surface area is 98.8 Å². The average Bonchev–Trinajstić information content (AvgIpc) is 2.86. The molecule has 0 saturated carbocycles. The van der Waals surface area contributed by atoms with Crippen LogP contribution in [0.15, 0.2) is 30.0 Å². The monoisotopic (exact) mass is 234 g/mol. The van der Waals surface area contributed by atoms with Gasteiger partial charge in [0, 0.05) is 16.8 Å². The third-order valence-electron chi connectivity index (χ3n) is 2.62. The Morgan fingerprint density at radius 1 is 1.56 bits per heavy atom. The summed E-state index contributed by atoms with van der Waals surface area (Å²) < 4.78 is 1.90. The molecule has 0 atom stereocenters. The van der Waals surface area contributed by atoms with E-state index in [1.165, 1.54) is 4.88 Å². The SMILES string of the molecule is CC(C)(Cn1cncc1C=O)c1cccs1. The Morgan fingerprint density at radius 3 is 3.00 bits per heavy atom. The maximum atomic E-state index is 10.8. The Bertz CT molecular complexity index is 471. The molecule has 0 aliphatic carbocycles. The lowest BCUT2D eigenvalue weighted by Crippen LogP contribution is -2.23. The van der Waals surface area contributed by atoms with Crippen LogP contribution in [0.2, 0.25) is 0 Å². The molecule has 0 aliphatic heterocycles. The van der Waals surface area contributed by atoms with Gasteiger partial charge in [0.1, 0.15) is 5.69 Å². The smallest absolute Gasteiger partial charge is 0.168 e. The third-order valence-corrected chi connectivity index (χ3v) is 3.85. The summed E-state index contributed by atoms with van der Waals surface area (Å²) in [4.78, 5) is 16.1. The fraction of sp³-hybridized carbons (Fsp3) is 0.333. The van der Waals surface area contributed by atoms with Crippen molar-refractivity contribution in [2.75, 3.05) is 0 Å². The van der Waals surface area contributed by atoms with Crippen LogP contribution in [0.5, 0.6) is 0 Å². The van der Waals surface area contributed by atoms with Crippen LogP contribution in [0.3, 0.4) is 0 Å². The van der Waals surface area contributed by atoms with Crippen molar-refractivity contribution in [3.63, 3.8) is 0 Å². The zero-order valence-electron chi connectivity index (χ0n) is 9.38. The normalized spacial score (nSPS) is 11.6. The number of nitrogens with zero attached hydrogens (tertiary/aromatic N) is 2. The second-order valence-electron chi connectivity index (χ2n) is 4.43. The summed E-state index contributed by atoms with van der Waals surface area (Å²) >= 11 is 1.74. The molecule has 2 aromatic rings. The first-order valence-electron chi connectivity index (χ1n) is 5.13. The van der Waals surface area contributed by atoms with Crippen molar-refractivity contribution in [3.8, 4) is 0 Å². The van der Waals surface area contributed by atoms with Gasteiger partial charge < -0.3 is 4.57 Å². The summed E-state index contributed by atoms with van der Waals surface area (Å²) in [6, 6.07) is 4.18. The zero-order valence-corrected chi connectivity index (χ0v) is 10.2. The van der Waals surface area contributed by atoms with Crippen LogP contribution >= 0.6 is 11.3 Å². The van der Waals surface area contributed by atoms with E-state index in [4.69, 9.17) is 0 Å². The summed E-state index contributed by atoms with van der Waals surface area (Å²) in [7, 11) is 0. The minimum atomic E-state index is 0.0205. The van der Waals surface area contributed by atoms with Gasteiger partial charge in [-0.3, -0.25) is 4.79 Å². The van der Waals surface area contributed by atoms with Crippen LogP contribution in [-0.4, -0.2) is 15.8 Å². The lowest BCUT2D eigenvalue weighted by Gasteiger charge is -2.24. The number of hydrogen-bond acceptors (Lipinski definition) is 3. The largest absolute Gasteiger partial charge is 0.328 e. The minimum Gasteiger partial charge on any atom is -0.328 e. The molecule has 4 heteroatoms. The van der Waals surface area contributed by atoms with Gasteiger partial charge in [-0.25, -0.2) is 4.98 Å². The fourth-order valence-corrected chi connectivity index (χ4v) is 2.57. The van der Waals surface area contributed by atoms with Gasteiger partial charge in [-0.2, -0.15) is 0 Å². The summed E-state index contributed by atoms with van der Waals surface area (Å²) in [6.45, 7) is 5.11. The number of thiophene rings is 1. The number of hydrogen-bond donors (Lipinski definition) is 0. The van der Waals surface area contributed by atoms with E-state index < -0.39 is 0 Å². The van der Waals surface area contributed by atoms with Gasteiger partial charge in [0.25, 0.3) is 0 Å².